The molecular formula is C8H15NO5S. The highest BCUT2D eigenvalue weighted by Crippen LogP contribution is 1.98. The van der Waals surface area contributed by atoms with E-state index in [9.17, 15) is 18.0 Å². The Morgan fingerprint density at radius 3 is 2.27 bits per heavy atom. The lowest BCUT2D eigenvalue weighted by atomic mass is 10.3. The van der Waals surface area contributed by atoms with Gasteiger partial charge in [-0.3, -0.25) is 9.59 Å². The molecule has 0 aromatic rings. The van der Waals surface area contributed by atoms with Crippen LogP contribution in [0.3, 0.4) is 0 Å². The fourth-order valence-corrected chi connectivity index (χ4v) is 1.64. The zero-order valence-electron chi connectivity index (χ0n) is 8.76. The molecule has 0 heterocycles. The molecule has 0 fully saturated rings. The van der Waals surface area contributed by atoms with E-state index >= 15 is 0 Å². The van der Waals surface area contributed by atoms with E-state index in [2.05, 4.69) is 0 Å². The molecule has 0 atom stereocenters. The number of carbonyl (C=O) groups excluding carboxylic acids is 1. The summed E-state index contributed by atoms with van der Waals surface area (Å²) in [4.78, 5) is 22.5. The lowest BCUT2D eigenvalue weighted by Gasteiger charge is -2.13. The first kappa shape index (κ1) is 13.9. The molecule has 0 rings (SSSR count). The second-order valence-electron chi connectivity index (χ2n) is 3.38. The van der Waals surface area contributed by atoms with Crippen molar-refractivity contribution in [3.05, 3.63) is 0 Å². The highest BCUT2D eigenvalue weighted by Gasteiger charge is 2.12. The summed E-state index contributed by atoms with van der Waals surface area (Å²) in [6.45, 7) is -0.363. The van der Waals surface area contributed by atoms with Crippen molar-refractivity contribution in [2.24, 2.45) is 0 Å². The molecule has 0 aromatic carbocycles. The summed E-state index contributed by atoms with van der Waals surface area (Å²) in [6, 6.07) is 0. The minimum absolute atomic E-state index is 0.0524. The van der Waals surface area contributed by atoms with Gasteiger partial charge in [0, 0.05) is 19.7 Å². The molecule has 0 unspecified atom stereocenters. The van der Waals surface area contributed by atoms with Gasteiger partial charge in [-0.05, 0) is 6.42 Å². The van der Waals surface area contributed by atoms with Crippen LogP contribution in [0.1, 0.15) is 12.8 Å². The van der Waals surface area contributed by atoms with E-state index in [1.165, 1.54) is 7.05 Å². The molecule has 0 saturated carbocycles. The third-order valence-corrected chi connectivity index (χ3v) is 2.73. The molecule has 0 spiro atoms. The summed E-state index contributed by atoms with van der Waals surface area (Å²) in [5.41, 5.74) is 0. The lowest BCUT2D eigenvalue weighted by Crippen LogP contribution is -2.32. The second-order valence-corrected chi connectivity index (χ2v) is 5.64. The topological polar surface area (TPSA) is 91.8 Å². The van der Waals surface area contributed by atoms with Crippen LogP contribution in [0.15, 0.2) is 0 Å². The number of sulfone groups is 1. The minimum Gasteiger partial charge on any atom is -0.480 e. The predicted octanol–water partition coefficient (Wildman–Crippen LogP) is -0.646. The van der Waals surface area contributed by atoms with Crippen LogP contribution in [0.4, 0.5) is 0 Å². The third-order valence-electron chi connectivity index (χ3n) is 1.70. The number of carboxylic acids is 1. The first-order valence-corrected chi connectivity index (χ1v) is 6.42. The fourth-order valence-electron chi connectivity index (χ4n) is 0.968. The number of hydrogen-bond donors (Lipinski definition) is 1. The van der Waals surface area contributed by atoms with E-state index in [1.807, 2.05) is 0 Å². The average Bonchev–Trinajstić information content (AvgIpc) is 2.00. The standard InChI is InChI=1S/C8H15NO5S/c1-9(6-8(11)12)7(10)4-3-5-15(2,13)14/h3-6H2,1-2H3,(H,11,12). The van der Waals surface area contributed by atoms with Gasteiger partial charge in [0.25, 0.3) is 0 Å². The number of carbonyl (C=O) groups is 2. The number of hydrogen-bond acceptors (Lipinski definition) is 4. The molecule has 7 heteroatoms. The first-order valence-electron chi connectivity index (χ1n) is 4.36. The van der Waals surface area contributed by atoms with Gasteiger partial charge in [-0.1, -0.05) is 0 Å². The predicted molar refractivity (Wildman–Crippen MR) is 54.2 cm³/mol. The van der Waals surface area contributed by atoms with Crippen LogP contribution in [0.2, 0.25) is 0 Å². The van der Waals surface area contributed by atoms with Crippen molar-refractivity contribution in [3.63, 3.8) is 0 Å². The Kier molecular flexibility index (Phi) is 5.27. The SMILES string of the molecule is CN(CC(=O)O)C(=O)CCCS(C)(=O)=O. The van der Waals surface area contributed by atoms with Crippen LogP contribution in [-0.4, -0.2) is 55.9 Å². The summed E-state index contributed by atoms with van der Waals surface area (Å²) in [5.74, 6) is -1.50. The van der Waals surface area contributed by atoms with Crippen LogP contribution < -0.4 is 0 Å². The maximum absolute atomic E-state index is 11.2. The first-order chi connectivity index (χ1) is 6.72. The Morgan fingerprint density at radius 1 is 1.33 bits per heavy atom. The molecule has 0 aliphatic rings. The Balaban J connectivity index is 3.89. The molecule has 88 valence electrons. The van der Waals surface area contributed by atoms with Crippen molar-refractivity contribution in [2.45, 2.75) is 12.8 Å². The largest absolute Gasteiger partial charge is 0.480 e. The molecule has 0 aliphatic carbocycles. The molecule has 0 saturated heterocycles. The van der Waals surface area contributed by atoms with Gasteiger partial charge in [-0.25, -0.2) is 8.42 Å². The van der Waals surface area contributed by atoms with E-state index < -0.39 is 15.8 Å². The molecule has 1 amide bonds. The number of amides is 1. The van der Waals surface area contributed by atoms with Crippen molar-refractivity contribution in [3.8, 4) is 0 Å². The van der Waals surface area contributed by atoms with Gasteiger partial charge in [0.1, 0.15) is 16.4 Å². The molecule has 0 aromatic heterocycles. The monoisotopic (exact) mass is 237 g/mol. The van der Waals surface area contributed by atoms with E-state index in [4.69, 9.17) is 5.11 Å². The number of rotatable bonds is 6. The zero-order chi connectivity index (χ0) is 12.1. The molecule has 0 radical (unpaired) electrons. The van der Waals surface area contributed by atoms with Gasteiger partial charge in [-0.15, -0.1) is 0 Å². The molecule has 0 bridgehead atoms. The zero-order valence-corrected chi connectivity index (χ0v) is 9.58. The lowest BCUT2D eigenvalue weighted by molar-refractivity contribution is -0.143. The minimum atomic E-state index is -3.06. The van der Waals surface area contributed by atoms with Crippen LogP contribution >= 0.6 is 0 Å². The maximum Gasteiger partial charge on any atom is 0.323 e. The van der Waals surface area contributed by atoms with Crippen LogP contribution in [0.25, 0.3) is 0 Å². The molecule has 15 heavy (non-hydrogen) atoms. The van der Waals surface area contributed by atoms with Gasteiger partial charge in [0.15, 0.2) is 0 Å². The second kappa shape index (κ2) is 5.69. The summed E-state index contributed by atoms with van der Waals surface area (Å²) in [5, 5.41) is 8.40. The van der Waals surface area contributed by atoms with Crippen molar-refractivity contribution in [1.82, 2.24) is 4.90 Å². The van der Waals surface area contributed by atoms with Crippen LogP contribution in [0, 0.1) is 0 Å². The van der Waals surface area contributed by atoms with E-state index in [-0.39, 0.29) is 31.0 Å². The summed E-state index contributed by atoms with van der Waals surface area (Å²) < 4.78 is 21.5. The van der Waals surface area contributed by atoms with Crippen LogP contribution in [0.5, 0.6) is 0 Å². The van der Waals surface area contributed by atoms with Crippen LogP contribution in [-0.2, 0) is 19.4 Å². The third kappa shape index (κ3) is 7.92. The van der Waals surface area contributed by atoms with Crippen molar-refractivity contribution >= 4 is 21.7 Å². The Hall–Kier alpha value is -1.11. The Labute approximate surface area is 88.8 Å². The van der Waals surface area contributed by atoms with Crippen molar-refractivity contribution in [1.29, 1.82) is 0 Å². The summed E-state index contributed by atoms with van der Waals surface area (Å²) in [7, 11) is -1.68. The molecular weight excluding hydrogens is 222 g/mol. The quantitative estimate of drug-likeness (QED) is 0.663. The van der Waals surface area contributed by atoms with Gasteiger partial charge in [-0.2, -0.15) is 0 Å². The highest BCUT2D eigenvalue weighted by molar-refractivity contribution is 7.90. The Bertz CT molecular complexity index is 335. The molecule has 1 N–H and O–H groups in total. The van der Waals surface area contributed by atoms with E-state index in [1.54, 1.807) is 0 Å². The Morgan fingerprint density at radius 2 is 1.87 bits per heavy atom. The average molecular weight is 237 g/mol. The van der Waals surface area contributed by atoms with Gasteiger partial charge in [0.05, 0.1) is 5.75 Å². The summed E-state index contributed by atoms with van der Waals surface area (Å²) in [6.07, 6.45) is 1.37. The number of carboxylic acid groups (broad SMARTS) is 1. The van der Waals surface area contributed by atoms with E-state index in [0.717, 1.165) is 11.2 Å². The molecule has 0 aliphatic heterocycles. The normalized spacial score (nSPS) is 11.1. The maximum atomic E-state index is 11.2. The highest BCUT2D eigenvalue weighted by atomic mass is 32.2. The number of aliphatic carboxylic acids is 1. The van der Waals surface area contributed by atoms with Gasteiger partial charge < -0.3 is 10.0 Å². The van der Waals surface area contributed by atoms with E-state index in [0.29, 0.717) is 0 Å². The summed E-state index contributed by atoms with van der Waals surface area (Å²) >= 11 is 0. The number of nitrogens with zero attached hydrogens (tertiary/aromatic N) is 1. The smallest absolute Gasteiger partial charge is 0.323 e. The van der Waals surface area contributed by atoms with Gasteiger partial charge >= 0.3 is 5.97 Å². The fraction of sp³-hybridized carbons (Fsp3) is 0.750. The number of likely N-dealkylation sites (N-methyl/N-ethyl adjacent to an activating group) is 1. The van der Waals surface area contributed by atoms with Gasteiger partial charge in [0.2, 0.25) is 5.91 Å². The van der Waals surface area contributed by atoms with Crippen molar-refractivity contribution < 1.29 is 23.1 Å². The van der Waals surface area contributed by atoms with Crippen molar-refractivity contribution in [2.75, 3.05) is 25.6 Å². The molecule has 6 nitrogen and oxygen atoms in total.